The molecule has 2 amide bonds. The van der Waals surface area contributed by atoms with Gasteiger partial charge in [-0.3, -0.25) is 9.59 Å². The van der Waals surface area contributed by atoms with Gasteiger partial charge in [-0.1, -0.05) is 5.16 Å². The molecule has 6 nitrogen and oxygen atoms in total. The maximum Gasteiger partial charge on any atom is 0.276 e. The highest BCUT2D eigenvalue weighted by atomic mass is 16.5. The Morgan fingerprint density at radius 2 is 2.12 bits per heavy atom. The van der Waals surface area contributed by atoms with Crippen molar-refractivity contribution in [2.24, 2.45) is 11.7 Å². The summed E-state index contributed by atoms with van der Waals surface area (Å²) in [6.07, 6.45) is 1.25. The maximum absolute atomic E-state index is 12.0. The Balaban J connectivity index is 1.97. The second-order valence-electron chi connectivity index (χ2n) is 4.29. The molecule has 1 aliphatic heterocycles. The first kappa shape index (κ1) is 11.6. The van der Waals surface area contributed by atoms with Crippen LogP contribution in [0.1, 0.15) is 29.1 Å². The molecule has 1 fully saturated rings. The zero-order chi connectivity index (χ0) is 12.4. The molecule has 0 radical (unpaired) electrons. The van der Waals surface area contributed by atoms with Gasteiger partial charge in [0, 0.05) is 25.1 Å². The van der Waals surface area contributed by atoms with Crippen molar-refractivity contribution in [3.05, 3.63) is 17.5 Å². The molecule has 2 rings (SSSR count). The lowest BCUT2D eigenvalue weighted by molar-refractivity contribution is -0.123. The number of primary amides is 1. The van der Waals surface area contributed by atoms with Crippen LogP contribution in [0.25, 0.3) is 0 Å². The van der Waals surface area contributed by atoms with Gasteiger partial charge < -0.3 is 15.2 Å². The third-order valence-electron chi connectivity index (χ3n) is 3.03. The van der Waals surface area contributed by atoms with Gasteiger partial charge in [-0.25, -0.2) is 0 Å². The molecule has 2 N–H and O–H groups in total. The maximum atomic E-state index is 12.0. The molecule has 1 aliphatic rings. The van der Waals surface area contributed by atoms with E-state index in [2.05, 4.69) is 5.16 Å². The minimum absolute atomic E-state index is 0.113. The second kappa shape index (κ2) is 4.57. The number of amides is 2. The van der Waals surface area contributed by atoms with Crippen LogP contribution in [-0.4, -0.2) is 35.0 Å². The standard InChI is InChI=1S/C11H15N3O3/c1-7-6-9(13-17-7)11(16)14-4-2-8(3-5-14)10(12)15/h6,8H,2-5H2,1H3,(H2,12,15). The average Bonchev–Trinajstić information content (AvgIpc) is 2.75. The highest BCUT2D eigenvalue weighted by Gasteiger charge is 2.27. The van der Waals surface area contributed by atoms with Crippen LogP contribution in [0, 0.1) is 12.8 Å². The largest absolute Gasteiger partial charge is 0.369 e. The van der Waals surface area contributed by atoms with E-state index in [9.17, 15) is 9.59 Å². The summed E-state index contributed by atoms with van der Waals surface area (Å²) in [5, 5.41) is 3.69. The van der Waals surface area contributed by atoms with E-state index in [0.717, 1.165) is 0 Å². The highest BCUT2D eigenvalue weighted by Crippen LogP contribution is 2.18. The molecule has 0 aliphatic carbocycles. The Labute approximate surface area is 98.7 Å². The Morgan fingerprint density at radius 1 is 1.47 bits per heavy atom. The molecule has 6 heteroatoms. The smallest absolute Gasteiger partial charge is 0.276 e. The number of likely N-dealkylation sites (tertiary alicyclic amines) is 1. The third-order valence-corrected chi connectivity index (χ3v) is 3.03. The van der Waals surface area contributed by atoms with E-state index in [1.165, 1.54) is 0 Å². The predicted molar refractivity (Wildman–Crippen MR) is 59.1 cm³/mol. The van der Waals surface area contributed by atoms with Crippen molar-refractivity contribution in [2.75, 3.05) is 13.1 Å². The topological polar surface area (TPSA) is 89.4 Å². The fourth-order valence-electron chi connectivity index (χ4n) is 2.00. The van der Waals surface area contributed by atoms with Gasteiger partial charge in [0.2, 0.25) is 5.91 Å². The van der Waals surface area contributed by atoms with Crippen LogP contribution in [-0.2, 0) is 4.79 Å². The molecular weight excluding hydrogens is 222 g/mol. The molecule has 2 heterocycles. The fourth-order valence-corrected chi connectivity index (χ4v) is 2.00. The molecule has 1 aromatic heterocycles. The SMILES string of the molecule is Cc1cc(C(=O)N2CCC(C(N)=O)CC2)no1. The average molecular weight is 237 g/mol. The summed E-state index contributed by atoms with van der Waals surface area (Å²) < 4.78 is 4.86. The van der Waals surface area contributed by atoms with Gasteiger partial charge in [-0.2, -0.15) is 0 Å². The van der Waals surface area contributed by atoms with Crippen molar-refractivity contribution in [1.29, 1.82) is 0 Å². The van der Waals surface area contributed by atoms with Crippen molar-refractivity contribution in [1.82, 2.24) is 10.1 Å². The first-order valence-electron chi connectivity index (χ1n) is 5.60. The number of hydrogen-bond donors (Lipinski definition) is 1. The number of aryl methyl sites for hydroxylation is 1. The van der Waals surface area contributed by atoms with Gasteiger partial charge in [0.15, 0.2) is 5.69 Å². The number of carbonyl (C=O) groups is 2. The van der Waals surface area contributed by atoms with E-state index in [4.69, 9.17) is 10.3 Å². The highest BCUT2D eigenvalue weighted by molar-refractivity contribution is 5.92. The van der Waals surface area contributed by atoms with Crippen LogP contribution in [0.15, 0.2) is 10.6 Å². The summed E-state index contributed by atoms with van der Waals surface area (Å²) in [6, 6.07) is 1.61. The lowest BCUT2D eigenvalue weighted by Gasteiger charge is -2.29. The van der Waals surface area contributed by atoms with Gasteiger partial charge in [0.25, 0.3) is 5.91 Å². The van der Waals surface area contributed by atoms with Gasteiger partial charge in [0.05, 0.1) is 0 Å². The van der Waals surface area contributed by atoms with E-state index in [1.54, 1.807) is 17.9 Å². The van der Waals surface area contributed by atoms with Crippen LogP contribution in [0.3, 0.4) is 0 Å². The van der Waals surface area contributed by atoms with Crippen molar-refractivity contribution in [3.63, 3.8) is 0 Å². The molecule has 0 aromatic carbocycles. The fraction of sp³-hybridized carbons (Fsp3) is 0.545. The van der Waals surface area contributed by atoms with Crippen LogP contribution in [0.2, 0.25) is 0 Å². The van der Waals surface area contributed by atoms with Gasteiger partial charge in [-0.05, 0) is 19.8 Å². The van der Waals surface area contributed by atoms with Gasteiger partial charge in [-0.15, -0.1) is 0 Å². The quantitative estimate of drug-likeness (QED) is 0.802. The summed E-state index contributed by atoms with van der Waals surface area (Å²) in [4.78, 5) is 24.6. The minimum Gasteiger partial charge on any atom is -0.369 e. The number of carbonyl (C=O) groups excluding carboxylic acids is 2. The zero-order valence-corrected chi connectivity index (χ0v) is 9.68. The first-order chi connectivity index (χ1) is 8.08. The Bertz CT molecular complexity index is 433. The first-order valence-corrected chi connectivity index (χ1v) is 5.60. The minimum atomic E-state index is -0.283. The number of hydrogen-bond acceptors (Lipinski definition) is 4. The molecule has 0 spiro atoms. The van der Waals surface area contributed by atoms with E-state index >= 15 is 0 Å². The number of aromatic nitrogens is 1. The van der Waals surface area contributed by atoms with Crippen LogP contribution >= 0.6 is 0 Å². The summed E-state index contributed by atoms with van der Waals surface area (Å²) in [5.41, 5.74) is 5.55. The van der Waals surface area contributed by atoms with Crippen LogP contribution in [0.4, 0.5) is 0 Å². The van der Waals surface area contributed by atoms with E-state index in [-0.39, 0.29) is 17.7 Å². The molecule has 0 atom stereocenters. The van der Waals surface area contributed by atoms with Gasteiger partial charge >= 0.3 is 0 Å². The van der Waals surface area contributed by atoms with E-state index in [0.29, 0.717) is 37.4 Å². The number of nitrogens with two attached hydrogens (primary N) is 1. The van der Waals surface area contributed by atoms with Crippen molar-refractivity contribution < 1.29 is 14.1 Å². The Morgan fingerprint density at radius 3 is 2.59 bits per heavy atom. The Kier molecular flexibility index (Phi) is 3.12. The van der Waals surface area contributed by atoms with Crippen LogP contribution in [0.5, 0.6) is 0 Å². The van der Waals surface area contributed by atoms with Crippen molar-refractivity contribution in [3.8, 4) is 0 Å². The summed E-state index contributed by atoms with van der Waals surface area (Å²) in [6.45, 7) is 2.82. The third kappa shape index (κ3) is 2.46. The molecular formula is C11H15N3O3. The van der Waals surface area contributed by atoms with E-state index < -0.39 is 0 Å². The molecule has 0 saturated carbocycles. The summed E-state index contributed by atoms with van der Waals surface area (Å²) in [7, 11) is 0. The van der Waals surface area contributed by atoms with Crippen LogP contribution < -0.4 is 5.73 Å². The molecule has 1 saturated heterocycles. The number of piperidine rings is 1. The second-order valence-corrected chi connectivity index (χ2v) is 4.29. The normalized spacial score (nSPS) is 17.1. The van der Waals surface area contributed by atoms with E-state index in [1.807, 2.05) is 0 Å². The lowest BCUT2D eigenvalue weighted by atomic mass is 9.96. The Hall–Kier alpha value is -1.85. The molecule has 17 heavy (non-hydrogen) atoms. The molecule has 92 valence electrons. The zero-order valence-electron chi connectivity index (χ0n) is 9.68. The van der Waals surface area contributed by atoms with Crippen molar-refractivity contribution in [2.45, 2.75) is 19.8 Å². The molecule has 0 unspecified atom stereocenters. The molecule has 1 aromatic rings. The summed E-state index contributed by atoms with van der Waals surface area (Å²) >= 11 is 0. The van der Waals surface area contributed by atoms with Gasteiger partial charge in [0.1, 0.15) is 5.76 Å². The molecule has 0 bridgehead atoms. The summed E-state index contributed by atoms with van der Waals surface area (Å²) in [5.74, 6) is 0.0672. The predicted octanol–water partition coefficient (Wildman–Crippen LogP) is 0.321. The number of nitrogens with zero attached hydrogens (tertiary/aromatic N) is 2. The monoisotopic (exact) mass is 237 g/mol. The van der Waals surface area contributed by atoms with Crippen molar-refractivity contribution >= 4 is 11.8 Å². The lowest BCUT2D eigenvalue weighted by Crippen LogP contribution is -2.41. The number of rotatable bonds is 2.